The van der Waals surface area contributed by atoms with Crippen molar-refractivity contribution in [3.05, 3.63) is 23.5 Å². The van der Waals surface area contributed by atoms with E-state index >= 15 is 0 Å². The highest BCUT2D eigenvalue weighted by atomic mass is 15.3. The van der Waals surface area contributed by atoms with Crippen LogP contribution in [0.25, 0.3) is 5.65 Å². The Hall–Kier alpha value is -1.58. The summed E-state index contributed by atoms with van der Waals surface area (Å²) in [7, 11) is 0. The molecule has 1 aliphatic rings. The molecule has 0 radical (unpaired) electrons. The maximum absolute atomic E-state index is 6.06. The predicted molar refractivity (Wildman–Crippen MR) is 72.4 cm³/mol. The van der Waals surface area contributed by atoms with E-state index < -0.39 is 0 Å². The molecule has 2 N–H and O–H groups in total. The lowest BCUT2D eigenvalue weighted by Crippen LogP contribution is -2.07. The van der Waals surface area contributed by atoms with Crippen LogP contribution >= 0.6 is 0 Å². The zero-order chi connectivity index (χ0) is 12.5. The van der Waals surface area contributed by atoms with Crippen LogP contribution in [0.1, 0.15) is 43.9 Å². The van der Waals surface area contributed by atoms with Crippen LogP contribution in [0.4, 0.5) is 5.82 Å². The van der Waals surface area contributed by atoms with Gasteiger partial charge in [-0.05, 0) is 18.8 Å². The molecule has 2 aromatic heterocycles. The molecule has 0 atom stereocenters. The van der Waals surface area contributed by atoms with Crippen LogP contribution in [0.3, 0.4) is 0 Å². The number of anilines is 1. The number of rotatable bonds is 3. The Balaban J connectivity index is 1.96. The largest absolute Gasteiger partial charge is 0.384 e. The van der Waals surface area contributed by atoms with Crippen LogP contribution < -0.4 is 5.73 Å². The average molecular weight is 244 g/mol. The van der Waals surface area contributed by atoms with Crippen molar-refractivity contribution in [2.24, 2.45) is 5.92 Å². The summed E-state index contributed by atoms with van der Waals surface area (Å²) in [6, 6.07) is 1.98. The number of fused-ring (bicyclic) bond motifs is 1. The van der Waals surface area contributed by atoms with E-state index in [0.29, 0.717) is 5.82 Å². The maximum atomic E-state index is 6.06. The molecule has 96 valence electrons. The van der Waals surface area contributed by atoms with Crippen LogP contribution in [-0.2, 0) is 12.8 Å². The van der Waals surface area contributed by atoms with Crippen LogP contribution in [0.5, 0.6) is 0 Å². The van der Waals surface area contributed by atoms with E-state index in [1.165, 1.54) is 31.2 Å². The molecule has 1 aliphatic carbocycles. The smallest absolute Gasteiger partial charge is 0.160 e. The van der Waals surface area contributed by atoms with E-state index in [0.717, 1.165) is 30.1 Å². The summed E-state index contributed by atoms with van der Waals surface area (Å²) in [5.41, 5.74) is 9.30. The Morgan fingerprint density at radius 1 is 1.39 bits per heavy atom. The molecular formula is C14H20N4. The Kier molecular flexibility index (Phi) is 2.94. The lowest BCUT2D eigenvalue weighted by molar-refractivity contribution is 0.539. The maximum Gasteiger partial charge on any atom is 0.160 e. The van der Waals surface area contributed by atoms with Crippen molar-refractivity contribution in [2.45, 2.75) is 45.4 Å². The molecule has 2 aromatic rings. The first-order chi connectivity index (χ1) is 8.78. The summed E-state index contributed by atoms with van der Waals surface area (Å²) in [5.74, 6) is 1.50. The Bertz CT molecular complexity index is 552. The third-order valence-electron chi connectivity index (χ3n) is 3.98. The number of aromatic nitrogens is 3. The van der Waals surface area contributed by atoms with Crippen LogP contribution in [-0.4, -0.2) is 14.6 Å². The summed E-state index contributed by atoms with van der Waals surface area (Å²) in [5, 5.41) is 4.29. The van der Waals surface area contributed by atoms with Crippen molar-refractivity contribution in [3.63, 3.8) is 0 Å². The van der Waals surface area contributed by atoms with Gasteiger partial charge in [0.1, 0.15) is 5.82 Å². The van der Waals surface area contributed by atoms with Crippen molar-refractivity contribution in [1.29, 1.82) is 0 Å². The van der Waals surface area contributed by atoms with Gasteiger partial charge in [-0.2, -0.15) is 9.61 Å². The summed E-state index contributed by atoms with van der Waals surface area (Å²) in [4.78, 5) is 4.75. The van der Waals surface area contributed by atoms with Crippen LogP contribution in [0.2, 0.25) is 0 Å². The Labute approximate surface area is 107 Å². The Morgan fingerprint density at radius 2 is 2.17 bits per heavy atom. The van der Waals surface area contributed by atoms with Gasteiger partial charge in [0.25, 0.3) is 0 Å². The van der Waals surface area contributed by atoms with Gasteiger partial charge >= 0.3 is 0 Å². The molecule has 3 rings (SSSR count). The molecule has 0 unspecified atom stereocenters. The fraction of sp³-hybridized carbons (Fsp3) is 0.571. The minimum Gasteiger partial charge on any atom is -0.384 e. The number of hydrogen-bond acceptors (Lipinski definition) is 3. The molecule has 0 aliphatic heterocycles. The standard InChI is InChI=1S/C14H20N4/c1-2-11-9-16-18-13(15)8-12(17-14(11)18)7-10-5-3-4-6-10/h8-10H,2-7,15H2,1H3. The second kappa shape index (κ2) is 4.59. The summed E-state index contributed by atoms with van der Waals surface area (Å²) in [6.07, 6.45) is 9.31. The first kappa shape index (κ1) is 11.5. The molecule has 4 nitrogen and oxygen atoms in total. The van der Waals surface area contributed by atoms with Gasteiger partial charge in [0, 0.05) is 17.3 Å². The Morgan fingerprint density at radius 3 is 2.89 bits per heavy atom. The minimum absolute atomic E-state index is 0.702. The topological polar surface area (TPSA) is 56.2 Å². The molecule has 0 amide bonds. The van der Waals surface area contributed by atoms with E-state index in [4.69, 9.17) is 10.7 Å². The van der Waals surface area contributed by atoms with E-state index in [1.807, 2.05) is 12.3 Å². The zero-order valence-electron chi connectivity index (χ0n) is 10.9. The molecule has 1 fully saturated rings. The number of nitrogen functional groups attached to an aromatic ring is 1. The second-order valence-electron chi connectivity index (χ2n) is 5.29. The van der Waals surface area contributed by atoms with Crippen LogP contribution in [0, 0.1) is 5.92 Å². The summed E-state index contributed by atoms with van der Waals surface area (Å²) in [6.45, 7) is 2.12. The van der Waals surface area contributed by atoms with Crippen molar-refractivity contribution >= 4 is 11.5 Å². The molecular weight excluding hydrogens is 224 g/mol. The van der Waals surface area contributed by atoms with E-state index in [-0.39, 0.29) is 0 Å². The minimum atomic E-state index is 0.702. The van der Waals surface area contributed by atoms with Gasteiger partial charge in [-0.1, -0.05) is 32.6 Å². The predicted octanol–water partition coefficient (Wildman–Crippen LogP) is 2.61. The first-order valence-corrected chi connectivity index (χ1v) is 6.90. The van der Waals surface area contributed by atoms with Gasteiger partial charge in [-0.3, -0.25) is 0 Å². The molecule has 2 heterocycles. The van der Waals surface area contributed by atoms with E-state index in [1.54, 1.807) is 4.52 Å². The molecule has 4 heteroatoms. The number of nitrogens with two attached hydrogens (primary N) is 1. The molecule has 0 spiro atoms. The average Bonchev–Trinajstić information content (AvgIpc) is 2.98. The molecule has 18 heavy (non-hydrogen) atoms. The van der Waals surface area contributed by atoms with Gasteiger partial charge in [-0.15, -0.1) is 0 Å². The van der Waals surface area contributed by atoms with Gasteiger partial charge in [0.15, 0.2) is 5.65 Å². The number of hydrogen-bond donors (Lipinski definition) is 1. The van der Waals surface area contributed by atoms with Crippen LogP contribution in [0.15, 0.2) is 12.3 Å². The highest BCUT2D eigenvalue weighted by Crippen LogP contribution is 2.28. The van der Waals surface area contributed by atoms with Gasteiger partial charge in [0.05, 0.1) is 6.20 Å². The molecule has 0 saturated heterocycles. The fourth-order valence-corrected chi connectivity index (χ4v) is 2.95. The number of nitrogens with zero attached hydrogens (tertiary/aromatic N) is 3. The second-order valence-corrected chi connectivity index (χ2v) is 5.29. The molecule has 0 bridgehead atoms. The highest BCUT2D eigenvalue weighted by Gasteiger charge is 2.17. The third kappa shape index (κ3) is 1.96. The van der Waals surface area contributed by atoms with Gasteiger partial charge in [-0.25, -0.2) is 4.98 Å². The zero-order valence-corrected chi connectivity index (χ0v) is 10.9. The number of aryl methyl sites for hydroxylation is 1. The van der Waals surface area contributed by atoms with Gasteiger partial charge in [0.2, 0.25) is 0 Å². The fourth-order valence-electron chi connectivity index (χ4n) is 2.95. The molecule has 0 aromatic carbocycles. The highest BCUT2D eigenvalue weighted by molar-refractivity contribution is 5.52. The van der Waals surface area contributed by atoms with Crippen molar-refractivity contribution in [3.8, 4) is 0 Å². The lowest BCUT2D eigenvalue weighted by atomic mass is 10.0. The van der Waals surface area contributed by atoms with Crippen molar-refractivity contribution < 1.29 is 0 Å². The first-order valence-electron chi connectivity index (χ1n) is 6.90. The SMILES string of the molecule is CCc1cnn2c(N)cc(CC3CCCC3)nc12. The third-order valence-corrected chi connectivity index (χ3v) is 3.98. The summed E-state index contributed by atoms with van der Waals surface area (Å²) >= 11 is 0. The van der Waals surface area contributed by atoms with Gasteiger partial charge < -0.3 is 5.73 Å². The lowest BCUT2D eigenvalue weighted by Gasteiger charge is -2.09. The van der Waals surface area contributed by atoms with Crippen molar-refractivity contribution in [2.75, 3.05) is 5.73 Å². The monoisotopic (exact) mass is 244 g/mol. The summed E-state index contributed by atoms with van der Waals surface area (Å²) < 4.78 is 1.75. The van der Waals surface area contributed by atoms with E-state index in [2.05, 4.69) is 12.0 Å². The normalized spacial score (nSPS) is 16.7. The quantitative estimate of drug-likeness (QED) is 0.903. The molecule has 1 saturated carbocycles. The van der Waals surface area contributed by atoms with E-state index in [9.17, 15) is 0 Å². The van der Waals surface area contributed by atoms with Crippen molar-refractivity contribution in [1.82, 2.24) is 14.6 Å².